The number of piperidine rings is 1. The zero-order valence-electron chi connectivity index (χ0n) is 15.4. The molecule has 0 radical (unpaired) electrons. The average molecular weight is 374 g/mol. The molecular weight excluding hydrogens is 348 g/mol. The Labute approximate surface area is 157 Å². The Hall–Kier alpha value is -1.67. The maximum absolute atomic E-state index is 12.3. The summed E-state index contributed by atoms with van der Waals surface area (Å²) in [5, 5.41) is 11.4. The molecular formula is C20H26N2O5. The molecule has 0 bridgehead atoms. The van der Waals surface area contributed by atoms with Gasteiger partial charge in [-0.05, 0) is 18.6 Å². The lowest BCUT2D eigenvalue weighted by atomic mass is 9.66. The van der Waals surface area contributed by atoms with Crippen molar-refractivity contribution in [3.05, 3.63) is 34.8 Å². The molecule has 3 aliphatic heterocycles. The van der Waals surface area contributed by atoms with Crippen molar-refractivity contribution in [3.63, 3.8) is 0 Å². The molecule has 3 aliphatic rings. The van der Waals surface area contributed by atoms with E-state index in [4.69, 9.17) is 13.9 Å². The van der Waals surface area contributed by atoms with Crippen molar-refractivity contribution in [2.75, 3.05) is 39.5 Å². The zero-order chi connectivity index (χ0) is 18.4. The van der Waals surface area contributed by atoms with Crippen LogP contribution in [0.25, 0.3) is 11.1 Å². The molecule has 0 amide bonds. The van der Waals surface area contributed by atoms with Gasteiger partial charge in [-0.3, -0.25) is 9.47 Å². The van der Waals surface area contributed by atoms with Crippen molar-refractivity contribution in [2.45, 2.75) is 31.0 Å². The number of likely N-dealkylation sites (tertiary alicyclic amines) is 1. The normalized spacial score (nSPS) is 34.3. The fraction of sp³-hybridized carbons (Fsp3) is 0.650. The average Bonchev–Trinajstić information content (AvgIpc) is 3.01. The second kappa shape index (κ2) is 6.74. The highest BCUT2D eigenvalue weighted by atomic mass is 16.5. The highest BCUT2D eigenvalue weighted by molar-refractivity contribution is 5.72. The van der Waals surface area contributed by atoms with Crippen LogP contribution in [0.2, 0.25) is 0 Å². The quantitative estimate of drug-likeness (QED) is 0.867. The van der Waals surface area contributed by atoms with E-state index in [1.54, 1.807) is 4.57 Å². The molecule has 0 aliphatic carbocycles. The van der Waals surface area contributed by atoms with E-state index in [2.05, 4.69) is 4.90 Å². The van der Waals surface area contributed by atoms with Gasteiger partial charge in [0, 0.05) is 57.1 Å². The maximum Gasteiger partial charge on any atom is 0.419 e. The summed E-state index contributed by atoms with van der Waals surface area (Å²) in [7, 11) is 0. The Balaban J connectivity index is 1.39. The summed E-state index contributed by atoms with van der Waals surface area (Å²) in [6.07, 6.45) is 1.60. The van der Waals surface area contributed by atoms with Crippen LogP contribution in [-0.4, -0.2) is 65.7 Å². The second-order valence-corrected chi connectivity index (χ2v) is 8.03. The largest absolute Gasteiger partial charge is 0.419 e. The SMILES string of the molecule is O=c1oc2ccccc2n1CCN1C[C@@H]2COCC[C@@]2(O)[C@H]2COCC[C@@H]21. The number of hydrogen-bond acceptors (Lipinski definition) is 6. The van der Waals surface area contributed by atoms with E-state index in [0.717, 1.165) is 31.6 Å². The second-order valence-electron chi connectivity index (χ2n) is 8.03. The number of nitrogens with zero attached hydrogens (tertiary/aromatic N) is 2. The summed E-state index contributed by atoms with van der Waals surface area (Å²) in [6.45, 7) is 4.65. The van der Waals surface area contributed by atoms with Crippen LogP contribution in [0.4, 0.5) is 0 Å². The van der Waals surface area contributed by atoms with Crippen molar-refractivity contribution in [3.8, 4) is 0 Å². The number of benzene rings is 1. The molecule has 146 valence electrons. The number of rotatable bonds is 3. The monoisotopic (exact) mass is 374 g/mol. The lowest BCUT2D eigenvalue weighted by Gasteiger charge is -2.57. The van der Waals surface area contributed by atoms with Crippen LogP contribution in [0.1, 0.15) is 12.8 Å². The first kappa shape index (κ1) is 17.4. The molecule has 0 saturated carbocycles. The van der Waals surface area contributed by atoms with Crippen LogP contribution < -0.4 is 5.76 Å². The first-order valence-electron chi connectivity index (χ1n) is 9.87. The van der Waals surface area contributed by atoms with Gasteiger partial charge in [0.1, 0.15) is 0 Å². The molecule has 0 spiro atoms. The van der Waals surface area contributed by atoms with Gasteiger partial charge in [0.05, 0.1) is 24.3 Å². The van der Waals surface area contributed by atoms with E-state index >= 15 is 0 Å². The Morgan fingerprint density at radius 3 is 2.93 bits per heavy atom. The molecule has 5 rings (SSSR count). The van der Waals surface area contributed by atoms with E-state index in [0.29, 0.717) is 38.4 Å². The van der Waals surface area contributed by atoms with Crippen LogP contribution >= 0.6 is 0 Å². The molecule has 7 heteroatoms. The summed E-state index contributed by atoms with van der Waals surface area (Å²) < 4.78 is 18.5. The molecule has 2 aromatic rings. The first-order chi connectivity index (χ1) is 13.2. The van der Waals surface area contributed by atoms with E-state index < -0.39 is 5.60 Å². The topological polar surface area (TPSA) is 77.1 Å². The standard InChI is InChI=1S/C20H26N2O5/c23-19-22(17-3-1-2-4-18(17)27-19)8-7-21-11-14-12-26-10-6-20(14,24)15-13-25-9-5-16(15)21/h1-4,14-16,24H,5-13H2/t14-,15+,16+,20+/m1/s1. The van der Waals surface area contributed by atoms with Gasteiger partial charge in [-0.2, -0.15) is 0 Å². The van der Waals surface area contributed by atoms with Gasteiger partial charge < -0.3 is 19.0 Å². The molecule has 7 nitrogen and oxygen atoms in total. The lowest BCUT2D eigenvalue weighted by Crippen LogP contribution is -2.68. The Morgan fingerprint density at radius 1 is 1.15 bits per heavy atom. The van der Waals surface area contributed by atoms with Crippen molar-refractivity contribution in [1.82, 2.24) is 9.47 Å². The smallest absolute Gasteiger partial charge is 0.408 e. The Kier molecular flexibility index (Phi) is 4.35. The minimum atomic E-state index is -0.695. The fourth-order valence-corrected chi connectivity index (χ4v) is 5.28. The number of para-hydroxylation sites is 2. The minimum Gasteiger partial charge on any atom is -0.408 e. The lowest BCUT2D eigenvalue weighted by molar-refractivity contribution is -0.220. The van der Waals surface area contributed by atoms with Crippen LogP contribution in [0.3, 0.4) is 0 Å². The molecule has 27 heavy (non-hydrogen) atoms. The van der Waals surface area contributed by atoms with E-state index in [9.17, 15) is 9.90 Å². The third-order valence-electron chi connectivity index (χ3n) is 6.74. The first-order valence-corrected chi connectivity index (χ1v) is 9.87. The molecule has 3 saturated heterocycles. The van der Waals surface area contributed by atoms with Crippen molar-refractivity contribution >= 4 is 11.1 Å². The molecule has 1 aromatic heterocycles. The summed E-state index contributed by atoms with van der Waals surface area (Å²) in [4.78, 5) is 14.7. The van der Waals surface area contributed by atoms with Gasteiger partial charge in [0.2, 0.25) is 0 Å². The Bertz CT molecular complexity index is 877. The van der Waals surface area contributed by atoms with Crippen LogP contribution in [0.5, 0.6) is 0 Å². The molecule has 1 aromatic carbocycles. The van der Waals surface area contributed by atoms with Crippen molar-refractivity contribution < 1.29 is 19.0 Å². The highest BCUT2D eigenvalue weighted by Gasteiger charge is 2.55. The van der Waals surface area contributed by atoms with E-state index in [-0.39, 0.29) is 23.6 Å². The van der Waals surface area contributed by atoms with Gasteiger partial charge in [-0.15, -0.1) is 0 Å². The van der Waals surface area contributed by atoms with Gasteiger partial charge >= 0.3 is 5.76 Å². The molecule has 4 atom stereocenters. The summed E-state index contributed by atoms with van der Waals surface area (Å²) >= 11 is 0. The Morgan fingerprint density at radius 2 is 2.00 bits per heavy atom. The predicted molar refractivity (Wildman–Crippen MR) is 98.6 cm³/mol. The van der Waals surface area contributed by atoms with Gasteiger partial charge in [0.25, 0.3) is 0 Å². The van der Waals surface area contributed by atoms with Crippen LogP contribution in [0.15, 0.2) is 33.5 Å². The summed E-state index contributed by atoms with van der Waals surface area (Å²) in [5.41, 5.74) is 0.764. The van der Waals surface area contributed by atoms with E-state index in [1.165, 1.54) is 0 Å². The zero-order valence-corrected chi connectivity index (χ0v) is 15.4. The van der Waals surface area contributed by atoms with Crippen LogP contribution in [0, 0.1) is 11.8 Å². The number of oxazole rings is 1. The number of aliphatic hydroxyl groups is 1. The van der Waals surface area contributed by atoms with Gasteiger partial charge in [0.15, 0.2) is 5.58 Å². The third kappa shape index (κ3) is 2.84. The number of aromatic nitrogens is 1. The highest BCUT2D eigenvalue weighted by Crippen LogP contribution is 2.44. The fourth-order valence-electron chi connectivity index (χ4n) is 5.28. The maximum atomic E-state index is 12.3. The summed E-state index contributed by atoms with van der Waals surface area (Å²) in [5.74, 6) is -0.118. The summed E-state index contributed by atoms with van der Waals surface area (Å²) in [6, 6.07) is 7.81. The third-order valence-corrected chi connectivity index (χ3v) is 6.74. The number of ether oxygens (including phenoxy) is 2. The van der Waals surface area contributed by atoms with Crippen LogP contribution in [-0.2, 0) is 16.0 Å². The van der Waals surface area contributed by atoms with E-state index in [1.807, 2.05) is 24.3 Å². The molecule has 1 N–H and O–H groups in total. The molecule has 0 unspecified atom stereocenters. The van der Waals surface area contributed by atoms with Crippen molar-refractivity contribution in [2.24, 2.45) is 11.8 Å². The van der Waals surface area contributed by atoms with Gasteiger partial charge in [-0.1, -0.05) is 12.1 Å². The number of hydrogen-bond donors (Lipinski definition) is 1. The predicted octanol–water partition coefficient (Wildman–Crippen LogP) is 1.08. The van der Waals surface area contributed by atoms with Crippen molar-refractivity contribution in [1.29, 1.82) is 0 Å². The van der Waals surface area contributed by atoms with Gasteiger partial charge in [-0.25, -0.2) is 4.79 Å². The number of fused-ring (bicyclic) bond motifs is 4. The molecule has 3 fully saturated rings. The minimum absolute atomic E-state index is 0.0898. The molecule has 4 heterocycles.